The highest BCUT2D eigenvalue weighted by atomic mass is 31.2. The van der Waals surface area contributed by atoms with E-state index in [1.54, 1.807) is 0 Å². The number of amides is 2. The number of imide groups is 1. The molecule has 0 spiro atoms. The molecule has 0 bridgehead atoms. The Morgan fingerprint density at radius 1 is 1.20 bits per heavy atom. The molecule has 86 valence electrons. The minimum absolute atomic E-state index is 0.0392. The lowest BCUT2D eigenvalue weighted by atomic mass is 10.4. The first kappa shape index (κ1) is 12.4. The average Bonchev–Trinajstić information content (AvgIpc) is 2.56. The monoisotopic (exact) mass is 235 g/mol. The Hall–Kier alpha value is -0.710. The zero-order valence-electron chi connectivity index (χ0n) is 8.76. The fourth-order valence-electron chi connectivity index (χ4n) is 1.35. The van der Waals surface area contributed by atoms with Crippen molar-refractivity contribution in [2.45, 2.75) is 12.8 Å². The van der Waals surface area contributed by atoms with Crippen molar-refractivity contribution in [3.05, 3.63) is 0 Å². The molecule has 1 saturated heterocycles. The van der Waals surface area contributed by atoms with Gasteiger partial charge in [0.2, 0.25) is 11.8 Å². The van der Waals surface area contributed by atoms with Gasteiger partial charge in [0.25, 0.3) is 0 Å². The predicted octanol–water partition coefficient (Wildman–Crippen LogP) is 0.621. The van der Waals surface area contributed by atoms with Gasteiger partial charge >= 0.3 is 7.60 Å². The van der Waals surface area contributed by atoms with E-state index in [9.17, 15) is 14.2 Å². The number of carbonyl (C=O) groups is 2. The smallest absolute Gasteiger partial charge is 0.312 e. The topological polar surface area (TPSA) is 72.9 Å². The second-order valence-electron chi connectivity index (χ2n) is 3.14. The Bertz CT molecular complexity index is 292. The maximum absolute atomic E-state index is 11.6. The number of hydrogen-bond acceptors (Lipinski definition) is 5. The van der Waals surface area contributed by atoms with Crippen molar-refractivity contribution in [3.63, 3.8) is 0 Å². The zero-order valence-corrected chi connectivity index (χ0v) is 9.66. The number of nitrogens with zero attached hydrogens (tertiary/aromatic N) is 1. The predicted molar refractivity (Wildman–Crippen MR) is 52.4 cm³/mol. The van der Waals surface area contributed by atoms with Crippen LogP contribution in [-0.2, 0) is 23.2 Å². The van der Waals surface area contributed by atoms with Crippen LogP contribution in [0.25, 0.3) is 0 Å². The van der Waals surface area contributed by atoms with E-state index in [2.05, 4.69) is 0 Å². The number of rotatable bonds is 5. The summed E-state index contributed by atoms with van der Waals surface area (Å²) in [6.45, 7) is 0.0939. The number of hydrogen-bond donors (Lipinski definition) is 0. The molecule has 0 aromatic carbocycles. The van der Waals surface area contributed by atoms with Crippen molar-refractivity contribution in [1.82, 2.24) is 4.90 Å². The fourth-order valence-corrected chi connectivity index (χ4v) is 2.31. The third-order valence-electron chi connectivity index (χ3n) is 2.31. The lowest BCUT2D eigenvalue weighted by molar-refractivity contribution is -0.137. The molecule has 0 aromatic rings. The quantitative estimate of drug-likeness (QED) is 0.516. The maximum Gasteiger partial charge on any atom is 0.331 e. The van der Waals surface area contributed by atoms with Crippen molar-refractivity contribution in [1.29, 1.82) is 0 Å². The summed E-state index contributed by atoms with van der Waals surface area (Å²) in [5, 5.41) is 0. The van der Waals surface area contributed by atoms with E-state index in [0.29, 0.717) is 0 Å². The van der Waals surface area contributed by atoms with Gasteiger partial charge in [-0.15, -0.1) is 0 Å². The van der Waals surface area contributed by atoms with Gasteiger partial charge in [0.15, 0.2) is 0 Å². The number of carbonyl (C=O) groups excluding carboxylic acids is 2. The lowest BCUT2D eigenvalue weighted by Gasteiger charge is -2.17. The van der Waals surface area contributed by atoms with Crippen LogP contribution in [0, 0.1) is 0 Å². The van der Waals surface area contributed by atoms with Crippen LogP contribution in [0.3, 0.4) is 0 Å². The molecule has 15 heavy (non-hydrogen) atoms. The minimum Gasteiger partial charge on any atom is -0.312 e. The first-order chi connectivity index (χ1) is 7.02. The second-order valence-corrected chi connectivity index (χ2v) is 5.54. The van der Waals surface area contributed by atoms with E-state index in [1.165, 1.54) is 14.2 Å². The highest BCUT2D eigenvalue weighted by Gasteiger charge is 2.31. The van der Waals surface area contributed by atoms with Crippen molar-refractivity contribution >= 4 is 19.4 Å². The summed E-state index contributed by atoms with van der Waals surface area (Å²) < 4.78 is 21.0. The van der Waals surface area contributed by atoms with Crippen LogP contribution in [-0.4, -0.2) is 43.6 Å². The molecule has 1 fully saturated rings. The zero-order chi connectivity index (χ0) is 11.5. The Morgan fingerprint density at radius 3 is 2.07 bits per heavy atom. The van der Waals surface area contributed by atoms with Crippen molar-refractivity contribution < 1.29 is 23.2 Å². The maximum atomic E-state index is 11.6. The van der Waals surface area contributed by atoms with Crippen molar-refractivity contribution in [2.24, 2.45) is 0 Å². The molecule has 0 aromatic heterocycles. The summed E-state index contributed by atoms with van der Waals surface area (Å²) in [6.07, 6.45) is 0.518. The first-order valence-corrected chi connectivity index (χ1v) is 6.29. The van der Waals surface area contributed by atoms with Crippen LogP contribution in [0.5, 0.6) is 0 Å². The van der Waals surface area contributed by atoms with Gasteiger partial charge in [-0.1, -0.05) is 0 Å². The normalized spacial score (nSPS) is 17.6. The molecule has 1 rings (SSSR count). The molecule has 0 aliphatic carbocycles. The first-order valence-electron chi connectivity index (χ1n) is 4.56. The molecule has 0 unspecified atom stereocenters. The average molecular weight is 235 g/mol. The molecule has 7 heteroatoms. The molecular formula is C8H14NO5P. The van der Waals surface area contributed by atoms with Gasteiger partial charge in [0, 0.05) is 33.6 Å². The summed E-state index contributed by atoms with van der Waals surface area (Å²) in [4.78, 5) is 23.5. The summed E-state index contributed by atoms with van der Waals surface area (Å²) in [6, 6.07) is 0. The van der Waals surface area contributed by atoms with Crippen LogP contribution >= 0.6 is 7.60 Å². The standard InChI is InChI=1S/C8H14NO5P/c1-13-15(12,14-2)6-5-9-7(10)3-4-8(9)11/h3-6H2,1-2H3. The van der Waals surface area contributed by atoms with Gasteiger partial charge in [-0.2, -0.15) is 0 Å². The molecule has 1 aliphatic rings. The summed E-state index contributed by atoms with van der Waals surface area (Å²) in [5.41, 5.74) is 0. The van der Waals surface area contributed by atoms with E-state index < -0.39 is 7.60 Å². The lowest BCUT2D eigenvalue weighted by Crippen LogP contribution is -2.31. The highest BCUT2D eigenvalue weighted by molar-refractivity contribution is 7.53. The van der Waals surface area contributed by atoms with Crippen LogP contribution in [0.15, 0.2) is 0 Å². The molecule has 1 heterocycles. The van der Waals surface area contributed by atoms with Gasteiger partial charge in [0.05, 0.1) is 6.16 Å². The van der Waals surface area contributed by atoms with Gasteiger partial charge in [-0.25, -0.2) is 0 Å². The van der Waals surface area contributed by atoms with Crippen LogP contribution in [0.4, 0.5) is 0 Å². The third kappa shape index (κ3) is 2.87. The van der Waals surface area contributed by atoms with E-state index in [0.717, 1.165) is 4.90 Å². The van der Waals surface area contributed by atoms with E-state index in [1.807, 2.05) is 0 Å². The van der Waals surface area contributed by atoms with E-state index in [4.69, 9.17) is 9.05 Å². The SMILES string of the molecule is COP(=O)(CCN1C(=O)CCC1=O)OC. The minimum atomic E-state index is -3.13. The molecular weight excluding hydrogens is 221 g/mol. The molecule has 2 amide bonds. The Morgan fingerprint density at radius 2 is 1.67 bits per heavy atom. The fraction of sp³-hybridized carbons (Fsp3) is 0.750. The van der Waals surface area contributed by atoms with Crippen molar-refractivity contribution in [3.8, 4) is 0 Å². The second kappa shape index (κ2) is 4.88. The summed E-state index contributed by atoms with van der Waals surface area (Å²) >= 11 is 0. The molecule has 6 nitrogen and oxygen atoms in total. The summed E-state index contributed by atoms with van der Waals surface area (Å²) in [7, 11) is -0.581. The third-order valence-corrected chi connectivity index (χ3v) is 4.17. The van der Waals surface area contributed by atoms with Gasteiger partial charge in [0.1, 0.15) is 0 Å². The Labute approximate surface area is 88.1 Å². The molecule has 1 aliphatic heterocycles. The van der Waals surface area contributed by atoms with Crippen molar-refractivity contribution in [2.75, 3.05) is 26.9 Å². The van der Waals surface area contributed by atoms with Crippen LogP contribution < -0.4 is 0 Å². The molecule has 0 atom stereocenters. The Balaban J connectivity index is 2.53. The summed E-state index contributed by atoms with van der Waals surface area (Å²) in [5.74, 6) is -0.447. The highest BCUT2D eigenvalue weighted by Crippen LogP contribution is 2.46. The Kier molecular flexibility index (Phi) is 4.02. The molecule has 0 radical (unpaired) electrons. The molecule has 0 saturated carbocycles. The van der Waals surface area contributed by atoms with Gasteiger partial charge in [-0.05, 0) is 0 Å². The van der Waals surface area contributed by atoms with E-state index in [-0.39, 0.29) is 37.4 Å². The van der Waals surface area contributed by atoms with Gasteiger partial charge in [-0.3, -0.25) is 19.1 Å². The van der Waals surface area contributed by atoms with Crippen LogP contribution in [0.1, 0.15) is 12.8 Å². The van der Waals surface area contributed by atoms with E-state index >= 15 is 0 Å². The largest absolute Gasteiger partial charge is 0.331 e. The molecule has 0 N–H and O–H groups in total. The number of likely N-dealkylation sites (tertiary alicyclic amines) is 1. The van der Waals surface area contributed by atoms with Crippen LogP contribution in [0.2, 0.25) is 0 Å². The van der Waals surface area contributed by atoms with Gasteiger partial charge < -0.3 is 9.05 Å².